The van der Waals surface area contributed by atoms with Gasteiger partial charge in [-0.2, -0.15) is 0 Å². The molecule has 30 heavy (non-hydrogen) atoms. The lowest BCUT2D eigenvalue weighted by Gasteiger charge is -2.11. The highest BCUT2D eigenvalue weighted by Crippen LogP contribution is 2.32. The average molecular weight is 463 g/mol. The second-order valence-corrected chi connectivity index (χ2v) is 8.82. The van der Waals surface area contributed by atoms with E-state index in [1.807, 2.05) is 0 Å². The van der Waals surface area contributed by atoms with Crippen LogP contribution in [-0.2, 0) is 10.0 Å². The molecule has 0 saturated heterocycles. The Balaban J connectivity index is 1.52. The summed E-state index contributed by atoms with van der Waals surface area (Å²) in [4.78, 5) is 23.2. The fraction of sp³-hybridized carbons (Fsp3) is 0. The first-order chi connectivity index (χ1) is 14.2. The number of benzene rings is 3. The first-order valence-electron chi connectivity index (χ1n) is 8.48. The highest BCUT2D eigenvalue weighted by Gasteiger charge is 2.28. The van der Waals surface area contributed by atoms with Crippen molar-refractivity contribution in [1.29, 1.82) is 0 Å². The maximum atomic E-state index is 12.7. The molecule has 0 radical (unpaired) electrons. The van der Waals surface area contributed by atoms with E-state index in [1.54, 1.807) is 30.3 Å². The summed E-state index contributed by atoms with van der Waals surface area (Å²) in [7, 11) is -3.98. The zero-order valence-corrected chi connectivity index (χ0v) is 17.3. The summed E-state index contributed by atoms with van der Waals surface area (Å²) in [6.07, 6.45) is 0. The van der Waals surface area contributed by atoms with Crippen molar-refractivity contribution >= 4 is 50.7 Å². The van der Waals surface area contributed by atoms with E-state index in [0.717, 1.165) is 6.07 Å². The molecule has 1 aliphatic heterocycles. The molecule has 152 valence electrons. The number of ether oxygens (including phenoxy) is 1. The maximum absolute atomic E-state index is 12.7. The molecule has 0 bridgehead atoms. The molecular formula is C20H12Cl2N2O5S. The van der Waals surface area contributed by atoms with E-state index >= 15 is 0 Å². The van der Waals surface area contributed by atoms with Crippen LogP contribution in [0.3, 0.4) is 0 Å². The fourth-order valence-electron chi connectivity index (χ4n) is 2.80. The van der Waals surface area contributed by atoms with Crippen LogP contribution in [0.2, 0.25) is 10.0 Å². The number of anilines is 1. The highest BCUT2D eigenvalue weighted by molar-refractivity contribution is 7.92. The van der Waals surface area contributed by atoms with E-state index in [0.29, 0.717) is 21.5 Å². The number of fused-ring (bicyclic) bond motifs is 1. The van der Waals surface area contributed by atoms with Crippen molar-refractivity contribution < 1.29 is 22.7 Å². The van der Waals surface area contributed by atoms with Gasteiger partial charge in [0.15, 0.2) is 0 Å². The van der Waals surface area contributed by atoms with Crippen LogP contribution in [0, 0.1) is 0 Å². The molecule has 2 N–H and O–H groups in total. The van der Waals surface area contributed by atoms with Crippen LogP contribution in [0.25, 0.3) is 0 Å². The summed E-state index contributed by atoms with van der Waals surface area (Å²) in [6.45, 7) is 0. The number of hydrogen-bond acceptors (Lipinski definition) is 5. The standard InChI is InChI=1S/C20H12Cl2N2O5S/c21-11-1-8-18(17(22)9-11)29-13-4-2-12(3-5-13)24-30(27,28)14-6-7-15-16(10-14)20(26)23-19(15)25/h1-10,24H,(H,23,25,26). The number of nitrogens with one attached hydrogen (secondary N) is 2. The molecule has 10 heteroatoms. The lowest BCUT2D eigenvalue weighted by Crippen LogP contribution is -2.19. The van der Waals surface area contributed by atoms with Crippen LogP contribution in [-0.4, -0.2) is 20.2 Å². The summed E-state index contributed by atoms with van der Waals surface area (Å²) < 4.78 is 33.4. The first-order valence-corrected chi connectivity index (χ1v) is 10.7. The smallest absolute Gasteiger partial charge is 0.261 e. The van der Waals surface area contributed by atoms with Gasteiger partial charge in [0, 0.05) is 10.7 Å². The molecule has 0 unspecified atom stereocenters. The van der Waals surface area contributed by atoms with Crippen molar-refractivity contribution in [1.82, 2.24) is 5.32 Å². The van der Waals surface area contributed by atoms with E-state index in [2.05, 4.69) is 10.0 Å². The predicted molar refractivity (Wildman–Crippen MR) is 112 cm³/mol. The second kappa shape index (κ2) is 7.64. The Hall–Kier alpha value is -3.07. The number of carbonyl (C=O) groups excluding carboxylic acids is 2. The Labute approximate surface area is 181 Å². The van der Waals surface area contributed by atoms with Crippen molar-refractivity contribution in [3.63, 3.8) is 0 Å². The molecule has 4 rings (SSSR count). The molecule has 0 saturated carbocycles. The molecule has 0 aromatic heterocycles. The van der Waals surface area contributed by atoms with Gasteiger partial charge in [-0.05, 0) is 60.7 Å². The maximum Gasteiger partial charge on any atom is 0.261 e. The molecule has 1 heterocycles. The van der Waals surface area contributed by atoms with Gasteiger partial charge in [-0.3, -0.25) is 19.6 Å². The van der Waals surface area contributed by atoms with E-state index in [1.165, 1.54) is 24.3 Å². The minimum atomic E-state index is -3.98. The fourth-order valence-corrected chi connectivity index (χ4v) is 4.34. The van der Waals surface area contributed by atoms with Crippen molar-refractivity contribution in [2.24, 2.45) is 0 Å². The molecule has 1 aliphatic rings. The number of halogens is 2. The summed E-state index contributed by atoms with van der Waals surface area (Å²) >= 11 is 11.9. The lowest BCUT2D eigenvalue weighted by molar-refractivity contribution is 0.0879. The number of sulfonamides is 1. The van der Waals surface area contributed by atoms with E-state index in [4.69, 9.17) is 27.9 Å². The van der Waals surface area contributed by atoms with E-state index < -0.39 is 21.8 Å². The quantitative estimate of drug-likeness (QED) is 0.544. The molecular weight excluding hydrogens is 451 g/mol. The number of imide groups is 1. The Morgan fingerprint density at radius 1 is 0.833 bits per heavy atom. The summed E-state index contributed by atoms with van der Waals surface area (Å²) in [5.41, 5.74) is 0.443. The van der Waals surface area contributed by atoms with Gasteiger partial charge in [0.2, 0.25) is 0 Å². The van der Waals surface area contributed by atoms with Gasteiger partial charge in [-0.15, -0.1) is 0 Å². The molecule has 0 fully saturated rings. The first kappa shape index (κ1) is 20.2. The summed E-state index contributed by atoms with van der Waals surface area (Å²) in [5.74, 6) is -0.340. The lowest BCUT2D eigenvalue weighted by atomic mass is 10.1. The van der Waals surface area contributed by atoms with Gasteiger partial charge in [0.05, 0.1) is 21.0 Å². The van der Waals surface area contributed by atoms with Crippen molar-refractivity contribution in [2.45, 2.75) is 4.90 Å². The number of rotatable bonds is 5. The second-order valence-electron chi connectivity index (χ2n) is 6.30. The van der Waals surface area contributed by atoms with Gasteiger partial charge in [0.1, 0.15) is 11.5 Å². The van der Waals surface area contributed by atoms with Crippen molar-refractivity contribution in [3.8, 4) is 11.5 Å². The molecule has 0 aliphatic carbocycles. The highest BCUT2D eigenvalue weighted by atomic mass is 35.5. The van der Waals surface area contributed by atoms with Crippen LogP contribution < -0.4 is 14.8 Å². The largest absolute Gasteiger partial charge is 0.456 e. The number of carbonyl (C=O) groups is 2. The van der Waals surface area contributed by atoms with E-state index in [-0.39, 0.29) is 21.7 Å². The third-order valence-electron chi connectivity index (χ3n) is 4.25. The molecule has 0 atom stereocenters. The van der Waals surface area contributed by atoms with Crippen LogP contribution in [0.5, 0.6) is 11.5 Å². The molecule has 3 aromatic carbocycles. The van der Waals surface area contributed by atoms with Crippen LogP contribution in [0.1, 0.15) is 20.7 Å². The van der Waals surface area contributed by atoms with Gasteiger partial charge in [-0.1, -0.05) is 23.2 Å². The Morgan fingerprint density at radius 2 is 1.53 bits per heavy atom. The Kier molecular flexibility index (Phi) is 5.15. The SMILES string of the molecule is O=C1NC(=O)c2cc(S(=O)(=O)Nc3ccc(Oc4ccc(Cl)cc4Cl)cc3)ccc21. The zero-order chi connectivity index (χ0) is 21.5. The minimum Gasteiger partial charge on any atom is -0.456 e. The zero-order valence-electron chi connectivity index (χ0n) is 15.0. The molecule has 0 spiro atoms. The van der Waals surface area contributed by atoms with E-state index in [9.17, 15) is 18.0 Å². The molecule has 7 nitrogen and oxygen atoms in total. The van der Waals surface area contributed by atoms with Gasteiger partial charge < -0.3 is 4.74 Å². The Bertz CT molecular complexity index is 1290. The normalized spacial score (nSPS) is 13.0. The van der Waals surface area contributed by atoms with Crippen molar-refractivity contribution in [3.05, 3.63) is 81.8 Å². The summed E-state index contributed by atoms with van der Waals surface area (Å²) in [5, 5.41) is 2.94. The number of amides is 2. The molecule has 3 aromatic rings. The van der Waals surface area contributed by atoms with Gasteiger partial charge >= 0.3 is 0 Å². The topological polar surface area (TPSA) is 102 Å². The van der Waals surface area contributed by atoms with Gasteiger partial charge in [-0.25, -0.2) is 8.42 Å². The van der Waals surface area contributed by atoms with Crippen LogP contribution in [0.4, 0.5) is 5.69 Å². The summed E-state index contributed by atoms with van der Waals surface area (Å²) in [6, 6.07) is 14.7. The Morgan fingerprint density at radius 3 is 2.23 bits per heavy atom. The minimum absolute atomic E-state index is 0.0199. The number of hydrogen-bond donors (Lipinski definition) is 2. The van der Waals surface area contributed by atoms with Crippen LogP contribution in [0.15, 0.2) is 65.6 Å². The van der Waals surface area contributed by atoms with Gasteiger partial charge in [0.25, 0.3) is 21.8 Å². The molecule has 2 amide bonds. The average Bonchev–Trinajstić information content (AvgIpc) is 2.99. The monoisotopic (exact) mass is 462 g/mol. The third-order valence-corrected chi connectivity index (χ3v) is 6.16. The van der Waals surface area contributed by atoms with Crippen LogP contribution >= 0.6 is 23.2 Å². The third kappa shape index (κ3) is 3.97. The predicted octanol–water partition coefficient (Wildman–Crippen LogP) is 4.47. The van der Waals surface area contributed by atoms with Crippen molar-refractivity contribution in [2.75, 3.05) is 4.72 Å².